The second-order valence-electron chi connectivity index (χ2n) is 7.64. The van der Waals surface area contributed by atoms with E-state index >= 15 is 0 Å². The van der Waals surface area contributed by atoms with Gasteiger partial charge in [0.1, 0.15) is 11.3 Å². The number of nitrogens with zero attached hydrogens (tertiary/aromatic N) is 2. The zero-order valence-corrected chi connectivity index (χ0v) is 18.1. The predicted molar refractivity (Wildman–Crippen MR) is 123 cm³/mol. The Labute approximate surface area is 193 Å². The molecule has 0 unspecified atom stereocenters. The van der Waals surface area contributed by atoms with E-state index in [1.807, 2.05) is 59.3 Å². The van der Waals surface area contributed by atoms with Gasteiger partial charge in [0.15, 0.2) is 0 Å². The van der Waals surface area contributed by atoms with Crippen LogP contribution in [-0.2, 0) is 22.7 Å². The van der Waals surface area contributed by atoms with Crippen LogP contribution in [0.5, 0.6) is 0 Å². The summed E-state index contributed by atoms with van der Waals surface area (Å²) in [4.78, 5) is 38.8. The number of nitrogens with one attached hydrogen (secondary N) is 1. The number of benzene rings is 2. The van der Waals surface area contributed by atoms with Gasteiger partial charge in [-0.3, -0.25) is 19.8 Å². The first-order valence-electron chi connectivity index (χ1n) is 10.2. The minimum Gasteiger partial charge on any atom is -0.467 e. The Kier molecular flexibility index (Phi) is 5.32. The molecule has 0 radical (unpaired) electrons. The first kappa shape index (κ1) is 20.8. The second-order valence-corrected chi connectivity index (χ2v) is 8.08. The summed E-state index contributed by atoms with van der Waals surface area (Å²) in [6, 6.07) is 17.8. The van der Waals surface area contributed by atoms with E-state index in [1.54, 1.807) is 12.1 Å². The van der Waals surface area contributed by atoms with E-state index in [2.05, 4.69) is 5.32 Å². The average molecular weight is 460 g/mol. The van der Waals surface area contributed by atoms with Crippen LogP contribution in [0.25, 0.3) is 17.0 Å². The maximum Gasteiger partial charge on any atom is 0.331 e. The number of furan rings is 1. The lowest BCUT2D eigenvalue weighted by Crippen LogP contribution is -2.53. The van der Waals surface area contributed by atoms with Crippen LogP contribution in [0.1, 0.15) is 16.9 Å². The highest BCUT2D eigenvalue weighted by Gasteiger charge is 2.36. The van der Waals surface area contributed by atoms with Gasteiger partial charge in [0.05, 0.1) is 12.8 Å². The average Bonchev–Trinajstić information content (AvgIpc) is 3.44. The third kappa shape index (κ3) is 4.06. The fourth-order valence-corrected chi connectivity index (χ4v) is 3.98. The van der Waals surface area contributed by atoms with Crippen molar-refractivity contribution in [1.82, 2.24) is 14.8 Å². The molecule has 1 aliphatic heterocycles. The maximum atomic E-state index is 13.1. The monoisotopic (exact) mass is 459 g/mol. The molecular formula is C25H18ClN3O4. The van der Waals surface area contributed by atoms with Crippen molar-refractivity contribution in [3.8, 4) is 0 Å². The molecule has 4 amide bonds. The standard InChI is InChI=1S/C25H18ClN3O4/c26-18-9-7-16(8-10-18)13-28-14-17(20-5-1-2-6-22(20)28)12-21-23(30)27-25(32)29(24(21)31)15-19-4-3-11-33-19/h1-12,14H,13,15H2,(H,27,30,32)/b21-12+. The highest BCUT2D eigenvalue weighted by Crippen LogP contribution is 2.26. The van der Waals surface area contributed by atoms with Crippen molar-refractivity contribution < 1.29 is 18.8 Å². The number of imide groups is 2. The number of fused-ring (bicyclic) bond motifs is 1. The summed E-state index contributed by atoms with van der Waals surface area (Å²) in [5.74, 6) is -0.961. The van der Waals surface area contributed by atoms with E-state index in [-0.39, 0.29) is 12.1 Å². The fraction of sp³-hybridized carbons (Fsp3) is 0.0800. The molecule has 0 spiro atoms. The number of hydrogen-bond acceptors (Lipinski definition) is 4. The fourth-order valence-electron chi connectivity index (χ4n) is 3.86. The molecule has 3 heterocycles. The first-order chi connectivity index (χ1) is 16.0. The lowest BCUT2D eigenvalue weighted by molar-refractivity contribution is -0.130. The Bertz CT molecular complexity index is 1400. The molecule has 2 aromatic carbocycles. The number of barbiturate groups is 1. The Hall–Kier alpha value is -4.10. The second kappa shape index (κ2) is 8.44. The topological polar surface area (TPSA) is 84.6 Å². The molecule has 1 aliphatic rings. The third-order valence-electron chi connectivity index (χ3n) is 5.47. The number of carbonyl (C=O) groups excluding carboxylic acids is 3. The van der Waals surface area contributed by atoms with Gasteiger partial charge in [0, 0.05) is 34.2 Å². The van der Waals surface area contributed by atoms with Gasteiger partial charge in [-0.05, 0) is 42.0 Å². The van der Waals surface area contributed by atoms with Crippen LogP contribution in [0.4, 0.5) is 4.79 Å². The van der Waals surface area contributed by atoms with Gasteiger partial charge < -0.3 is 8.98 Å². The summed E-state index contributed by atoms with van der Waals surface area (Å²) in [6.07, 6.45) is 4.87. The van der Waals surface area contributed by atoms with Gasteiger partial charge in [-0.15, -0.1) is 0 Å². The van der Waals surface area contributed by atoms with Gasteiger partial charge in [-0.2, -0.15) is 0 Å². The summed E-state index contributed by atoms with van der Waals surface area (Å²) >= 11 is 6.00. The van der Waals surface area contributed by atoms with E-state index in [4.69, 9.17) is 16.0 Å². The van der Waals surface area contributed by atoms with Crippen molar-refractivity contribution in [2.75, 3.05) is 0 Å². The third-order valence-corrected chi connectivity index (χ3v) is 5.72. The number of hydrogen-bond donors (Lipinski definition) is 1. The molecule has 8 heteroatoms. The number of carbonyl (C=O) groups is 3. The van der Waals surface area contributed by atoms with Crippen LogP contribution >= 0.6 is 11.6 Å². The first-order valence-corrected chi connectivity index (χ1v) is 10.6. The molecule has 7 nitrogen and oxygen atoms in total. The Morgan fingerprint density at radius 2 is 1.73 bits per heavy atom. The Morgan fingerprint density at radius 3 is 2.48 bits per heavy atom. The van der Waals surface area contributed by atoms with Crippen molar-refractivity contribution in [3.63, 3.8) is 0 Å². The van der Waals surface area contributed by atoms with Gasteiger partial charge in [0.25, 0.3) is 11.8 Å². The quantitative estimate of drug-likeness (QED) is 0.349. The highest BCUT2D eigenvalue weighted by molar-refractivity contribution is 6.31. The minimum atomic E-state index is -0.774. The number of amides is 4. The van der Waals surface area contributed by atoms with Crippen molar-refractivity contribution in [3.05, 3.63) is 101 Å². The Balaban J connectivity index is 1.52. The molecule has 1 N–H and O–H groups in total. The summed E-state index contributed by atoms with van der Waals surface area (Å²) in [6.45, 7) is 0.519. The number of para-hydroxylation sites is 1. The van der Waals surface area contributed by atoms with Crippen LogP contribution in [0, 0.1) is 0 Å². The molecule has 2 aromatic heterocycles. The number of halogens is 1. The van der Waals surface area contributed by atoms with E-state index < -0.39 is 17.8 Å². The molecule has 0 saturated carbocycles. The lowest BCUT2D eigenvalue weighted by Gasteiger charge is -2.25. The van der Waals surface area contributed by atoms with E-state index in [1.165, 1.54) is 12.3 Å². The number of rotatable bonds is 5. The van der Waals surface area contributed by atoms with Gasteiger partial charge in [-0.1, -0.05) is 41.9 Å². The van der Waals surface area contributed by atoms with Crippen molar-refractivity contribution in [1.29, 1.82) is 0 Å². The molecule has 0 aliphatic carbocycles. The smallest absolute Gasteiger partial charge is 0.331 e. The Morgan fingerprint density at radius 1 is 0.939 bits per heavy atom. The predicted octanol–water partition coefficient (Wildman–Crippen LogP) is 4.60. The van der Waals surface area contributed by atoms with Gasteiger partial charge in [0.2, 0.25) is 0 Å². The summed E-state index contributed by atoms with van der Waals surface area (Å²) < 4.78 is 7.29. The van der Waals surface area contributed by atoms with E-state index in [9.17, 15) is 14.4 Å². The molecule has 0 atom stereocenters. The van der Waals surface area contributed by atoms with Crippen LogP contribution in [0.3, 0.4) is 0 Å². The van der Waals surface area contributed by atoms with E-state index in [0.29, 0.717) is 22.9 Å². The van der Waals surface area contributed by atoms with Crippen molar-refractivity contribution >= 4 is 46.4 Å². The molecule has 164 valence electrons. The zero-order valence-electron chi connectivity index (χ0n) is 17.3. The zero-order chi connectivity index (χ0) is 22.9. The molecule has 33 heavy (non-hydrogen) atoms. The van der Waals surface area contributed by atoms with Crippen LogP contribution < -0.4 is 5.32 Å². The summed E-state index contributed by atoms with van der Waals surface area (Å²) in [5, 5.41) is 3.79. The van der Waals surface area contributed by atoms with Crippen molar-refractivity contribution in [2.24, 2.45) is 0 Å². The maximum absolute atomic E-state index is 13.1. The molecule has 5 rings (SSSR count). The SMILES string of the molecule is O=C1NC(=O)N(Cc2ccco2)C(=O)/C1=C/c1cn(Cc2ccc(Cl)cc2)c2ccccc12. The molecule has 1 fully saturated rings. The largest absolute Gasteiger partial charge is 0.467 e. The molecule has 0 bridgehead atoms. The molecular weight excluding hydrogens is 442 g/mol. The van der Waals surface area contributed by atoms with Crippen molar-refractivity contribution in [2.45, 2.75) is 13.1 Å². The van der Waals surface area contributed by atoms with E-state index in [0.717, 1.165) is 21.4 Å². The summed E-state index contributed by atoms with van der Waals surface area (Å²) in [5.41, 5.74) is 2.59. The molecule has 1 saturated heterocycles. The number of aromatic nitrogens is 1. The van der Waals surface area contributed by atoms with Gasteiger partial charge in [-0.25, -0.2) is 4.79 Å². The van der Waals surface area contributed by atoms with Crippen LogP contribution in [0.2, 0.25) is 5.02 Å². The normalized spacial score (nSPS) is 15.5. The lowest BCUT2D eigenvalue weighted by atomic mass is 10.1. The minimum absolute atomic E-state index is 0.0688. The number of urea groups is 1. The van der Waals surface area contributed by atoms with Crippen LogP contribution in [0.15, 0.2) is 83.1 Å². The highest BCUT2D eigenvalue weighted by atomic mass is 35.5. The van der Waals surface area contributed by atoms with Gasteiger partial charge >= 0.3 is 6.03 Å². The van der Waals surface area contributed by atoms with Crippen LogP contribution in [-0.4, -0.2) is 27.3 Å². The summed E-state index contributed by atoms with van der Waals surface area (Å²) in [7, 11) is 0. The molecule has 4 aromatic rings.